The molecule has 0 aliphatic carbocycles. The van der Waals surface area contributed by atoms with Crippen molar-refractivity contribution in [2.45, 2.75) is 26.2 Å². The number of rotatable bonds is 5. The zero-order valence-corrected chi connectivity index (χ0v) is 9.96. The van der Waals surface area contributed by atoms with Gasteiger partial charge in [-0.1, -0.05) is 31.4 Å². The van der Waals surface area contributed by atoms with Crippen LogP contribution in [0.3, 0.4) is 0 Å². The molecule has 4 nitrogen and oxygen atoms in total. The monoisotopic (exact) mass is 242 g/mol. The predicted octanol–water partition coefficient (Wildman–Crippen LogP) is 2.66. The van der Waals surface area contributed by atoms with Gasteiger partial charge in [0.15, 0.2) is 0 Å². The van der Waals surface area contributed by atoms with Crippen LogP contribution < -0.4 is 5.73 Å². The number of halogens is 1. The molecule has 0 aliphatic heterocycles. The van der Waals surface area contributed by atoms with Gasteiger partial charge < -0.3 is 10.5 Å². The molecule has 1 aromatic heterocycles. The van der Waals surface area contributed by atoms with Crippen molar-refractivity contribution < 1.29 is 9.53 Å². The Labute approximate surface area is 99.8 Å². The summed E-state index contributed by atoms with van der Waals surface area (Å²) in [5, 5.41) is 0.231. The molecule has 1 rings (SSSR count). The molecule has 16 heavy (non-hydrogen) atoms. The summed E-state index contributed by atoms with van der Waals surface area (Å²) < 4.78 is 5.06. The summed E-state index contributed by atoms with van der Waals surface area (Å²) in [5.41, 5.74) is 6.16. The normalized spacial score (nSPS) is 10.1. The zero-order valence-electron chi connectivity index (χ0n) is 9.20. The SMILES string of the molecule is CCCCCOC(=O)c1cc(Cl)ncc1N. The molecule has 2 N–H and O–H groups in total. The lowest BCUT2D eigenvalue weighted by Gasteiger charge is -2.06. The molecule has 0 radical (unpaired) electrons. The quantitative estimate of drug-likeness (QED) is 0.490. The standard InChI is InChI=1S/C11H15ClN2O2/c1-2-3-4-5-16-11(15)8-6-10(12)14-7-9(8)13/h6-7H,2-5,13H2,1H3. The lowest BCUT2D eigenvalue weighted by molar-refractivity contribution is 0.0499. The third kappa shape index (κ3) is 3.70. The van der Waals surface area contributed by atoms with E-state index in [0.717, 1.165) is 19.3 Å². The van der Waals surface area contributed by atoms with Crippen LogP contribution in [0, 0.1) is 0 Å². The first-order valence-electron chi connectivity index (χ1n) is 5.23. The van der Waals surface area contributed by atoms with Gasteiger partial charge in [0.1, 0.15) is 5.15 Å². The second-order valence-corrected chi connectivity index (χ2v) is 3.82. The highest BCUT2D eigenvalue weighted by atomic mass is 35.5. The summed E-state index contributed by atoms with van der Waals surface area (Å²) in [7, 11) is 0. The van der Waals surface area contributed by atoms with Crippen molar-refractivity contribution in [3.8, 4) is 0 Å². The molecule has 0 bridgehead atoms. The largest absolute Gasteiger partial charge is 0.462 e. The Balaban J connectivity index is 2.55. The van der Waals surface area contributed by atoms with Crippen molar-refractivity contribution >= 4 is 23.3 Å². The van der Waals surface area contributed by atoms with Gasteiger partial charge in [0.2, 0.25) is 0 Å². The number of carbonyl (C=O) groups is 1. The molecule has 5 heteroatoms. The molecule has 0 atom stereocenters. The maximum absolute atomic E-state index is 11.6. The second-order valence-electron chi connectivity index (χ2n) is 3.44. The minimum atomic E-state index is -0.446. The minimum Gasteiger partial charge on any atom is -0.462 e. The number of hydrogen-bond acceptors (Lipinski definition) is 4. The van der Waals surface area contributed by atoms with E-state index in [-0.39, 0.29) is 16.4 Å². The Morgan fingerprint density at radius 1 is 1.56 bits per heavy atom. The summed E-state index contributed by atoms with van der Waals surface area (Å²) in [6.07, 6.45) is 4.34. The van der Waals surface area contributed by atoms with Crippen molar-refractivity contribution in [2.24, 2.45) is 0 Å². The highest BCUT2D eigenvalue weighted by Gasteiger charge is 2.12. The predicted molar refractivity (Wildman–Crippen MR) is 63.5 cm³/mol. The van der Waals surface area contributed by atoms with Crippen molar-refractivity contribution in [3.63, 3.8) is 0 Å². The molecule has 0 fully saturated rings. The molecule has 1 aromatic rings. The Bertz CT molecular complexity index is 369. The summed E-state index contributed by atoms with van der Waals surface area (Å²) in [4.78, 5) is 15.4. The van der Waals surface area contributed by atoms with E-state index in [4.69, 9.17) is 22.1 Å². The summed E-state index contributed by atoms with van der Waals surface area (Å²) in [6.45, 7) is 2.49. The molecule has 0 aromatic carbocycles. The number of carbonyl (C=O) groups excluding carboxylic acids is 1. The number of esters is 1. The Morgan fingerprint density at radius 2 is 2.31 bits per heavy atom. The number of ether oxygens (including phenoxy) is 1. The fraction of sp³-hybridized carbons (Fsp3) is 0.455. The van der Waals surface area contributed by atoms with Gasteiger partial charge in [-0.3, -0.25) is 0 Å². The first-order valence-corrected chi connectivity index (χ1v) is 5.61. The van der Waals surface area contributed by atoms with Crippen LogP contribution in [0.5, 0.6) is 0 Å². The number of nitrogen functional groups attached to an aromatic ring is 1. The number of nitrogens with zero attached hydrogens (tertiary/aromatic N) is 1. The van der Waals surface area contributed by atoms with Crippen LogP contribution >= 0.6 is 11.6 Å². The molecule has 0 aliphatic rings. The Morgan fingerprint density at radius 3 is 3.00 bits per heavy atom. The summed E-state index contributed by atoms with van der Waals surface area (Å²) >= 11 is 5.67. The van der Waals surface area contributed by atoms with Crippen molar-refractivity contribution in [2.75, 3.05) is 12.3 Å². The van der Waals surface area contributed by atoms with Crippen LogP contribution in [-0.4, -0.2) is 17.6 Å². The van der Waals surface area contributed by atoms with Gasteiger partial charge in [0.25, 0.3) is 0 Å². The van der Waals surface area contributed by atoms with E-state index in [1.165, 1.54) is 12.3 Å². The topological polar surface area (TPSA) is 65.2 Å². The smallest absolute Gasteiger partial charge is 0.340 e. The number of anilines is 1. The van der Waals surface area contributed by atoms with Crippen LogP contribution in [0.25, 0.3) is 0 Å². The van der Waals surface area contributed by atoms with Gasteiger partial charge in [0, 0.05) is 0 Å². The lowest BCUT2D eigenvalue weighted by atomic mass is 10.2. The third-order valence-electron chi connectivity index (χ3n) is 2.10. The third-order valence-corrected chi connectivity index (χ3v) is 2.31. The van der Waals surface area contributed by atoms with Crippen LogP contribution in [-0.2, 0) is 4.74 Å². The highest BCUT2D eigenvalue weighted by Crippen LogP contribution is 2.16. The van der Waals surface area contributed by atoms with E-state index in [1.54, 1.807) is 0 Å². The van der Waals surface area contributed by atoms with Gasteiger partial charge in [-0.25, -0.2) is 9.78 Å². The minimum absolute atomic E-state index is 0.231. The summed E-state index contributed by atoms with van der Waals surface area (Å²) in [5.74, 6) is -0.446. The first kappa shape index (κ1) is 12.8. The number of pyridine rings is 1. The number of nitrogens with two attached hydrogens (primary N) is 1. The van der Waals surface area contributed by atoms with E-state index >= 15 is 0 Å². The van der Waals surface area contributed by atoms with Gasteiger partial charge in [-0.15, -0.1) is 0 Å². The number of hydrogen-bond donors (Lipinski definition) is 1. The Hall–Kier alpha value is -1.29. The fourth-order valence-electron chi connectivity index (χ4n) is 1.21. The average molecular weight is 243 g/mol. The van der Waals surface area contributed by atoms with Crippen LogP contribution in [0.15, 0.2) is 12.3 Å². The van der Waals surface area contributed by atoms with Crippen LogP contribution in [0.2, 0.25) is 5.15 Å². The molecule has 0 saturated heterocycles. The second kappa shape index (κ2) is 6.33. The maximum atomic E-state index is 11.6. The summed E-state index contributed by atoms with van der Waals surface area (Å²) in [6, 6.07) is 1.42. The molecule has 88 valence electrons. The molecule has 0 unspecified atom stereocenters. The van der Waals surface area contributed by atoms with Crippen LogP contribution in [0.4, 0.5) is 5.69 Å². The highest BCUT2D eigenvalue weighted by molar-refractivity contribution is 6.29. The van der Waals surface area contributed by atoms with E-state index in [2.05, 4.69) is 11.9 Å². The van der Waals surface area contributed by atoms with Gasteiger partial charge in [-0.2, -0.15) is 0 Å². The zero-order chi connectivity index (χ0) is 12.0. The Kier molecular flexibility index (Phi) is 5.05. The molecular formula is C11H15ClN2O2. The van der Waals surface area contributed by atoms with E-state index in [0.29, 0.717) is 6.61 Å². The van der Waals surface area contributed by atoms with Crippen LogP contribution in [0.1, 0.15) is 36.5 Å². The molecular weight excluding hydrogens is 228 g/mol. The maximum Gasteiger partial charge on any atom is 0.340 e. The molecule has 0 spiro atoms. The van der Waals surface area contributed by atoms with Gasteiger partial charge in [-0.05, 0) is 12.5 Å². The average Bonchev–Trinajstić information content (AvgIpc) is 2.27. The molecule has 0 amide bonds. The van der Waals surface area contributed by atoms with Crippen molar-refractivity contribution in [3.05, 3.63) is 23.0 Å². The van der Waals surface area contributed by atoms with E-state index in [1.807, 2.05) is 0 Å². The number of aromatic nitrogens is 1. The molecule has 1 heterocycles. The van der Waals surface area contributed by atoms with Crippen molar-refractivity contribution in [1.82, 2.24) is 4.98 Å². The number of unbranched alkanes of at least 4 members (excludes halogenated alkanes) is 2. The van der Waals surface area contributed by atoms with E-state index < -0.39 is 5.97 Å². The molecule has 0 saturated carbocycles. The first-order chi connectivity index (χ1) is 7.65. The fourth-order valence-corrected chi connectivity index (χ4v) is 1.37. The van der Waals surface area contributed by atoms with Gasteiger partial charge in [0.05, 0.1) is 24.1 Å². The van der Waals surface area contributed by atoms with E-state index in [9.17, 15) is 4.79 Å². The van der Waals surface area contributed by atoms with Gasteiger partial charge >= 0.3 is 5.97 Å². The lowest BCUT2D eigenvalue weighted by Crippen LogP contribution is -2.09. The van der Waals surface area contributed by atoms with Crippen molar-refractivity contribution in [1.29, 1.82) is 0 Å².